The van der Waals surface area contributed by atoms with Gasteiger partial charge in [-0.25, -0.2) is 0 Å². The van der Waals surface area contributed by atoms with Gasteiger partial charge in [-0.15, -0.1) is 0 Å². The van der Waals surface area contributed by atoms with Crippen LogP contribution >= 0.6 is 23.4 Å². The maximum atomic E-state index is 6.19. The van der Waals surface area contributed by atoms with Crippen LogP contribution in [0.3, 0.4) is 0 Å². The number of benzene rings is 1. The summed E-state index contributed by atoms with van der Waals surface area (Å²) in [6, 6.07) is 6.90. The van der Waals surface area contributed by atoms with Crippen molar-refractivity contribution in [1.82, 2.24) is 0 Å². The summed E-state index contributed by atoms with van der Waals surface area (Å²) >= 11 is 8.08. The summed E-state index contributed by atoms with van der Waals surface area (Å²) in [7, 11) is 2.16. The molecule has 0 aliphatic carbocycles. The third-order valence-corrected chi connectivity index (χ3v) is 4.77. The number of anilines is 1. The monoisotopic (exact) mass is 314 g/mol. The van der Waals surface area contributed by atoms with Gasteiger partial charge in [0.2, 0.25) is 0 Å². The van der Waals surface area contributed by atoms with E-state index in [2.05, 4.69) is 44.2 Å². The van der Waals surface area contributed by atoms with Crippen LogP contribution in [0, 0.1) is 0 Å². The Morgan fingerprint density at radius 1 is 1.30 bits per heavy atom. The number of nitrogens with zero attached hydrogens (tertiary/aromatic N) is 1. The first-order chi connectivity index (χ1) is 9.53. The van der Waals surface area contributed by atoms with Gasteiger partial charge in [0.25, 0.3) is 0 Å². The number of thioether (sulfide) groups is 1. The molecule has 1 aromatic rings. The average molecular weight is 315 g/mol. The topological polar surface area (TPSA) is 29.3 Å². The van der Waals surface area contributed by atoms with Gasteiger partial charge in [0.1, 0.15) is 0 Å². The number of halogens is 1. The van der Waals surface area contributed by atoms with Gasteiger partial charge in [-0.1, -0.05) is 31.5 Å². The van der Waals surface area contributed by atoms with Crippen molar-refractivity contribution in [2.45, 2.75) is 45.2 Å². The third-order valence-electron chi connectivity index (χ3n) is 3.81. The lowest BCUT2D eigenvalue weighted by Gasteiger charge is -2.31. The molecule has 114 valence electrons. The first-order valence-electron chi connectivity index (χ1n) is 7.29. The number of hydrogen-bond donors (Lipinski definition) is 1. The van der Waals surface area contributed by atoms with E-state index < -0.39 is 0 Å². The highest BCUT2D eigenvalue weighted by Gasteiger charge is 2.17. The Hall–Kier alpha value is -0.380. The van der Waals surface area contributed by atoms with Gasteiger partial charge in [0, 0.05) is 35.6 Å². The molecule has 2 N–H and O–H groups in total. The Morgan fingerprint density at radius 3 is 2.55 bits per heavy atom. The molecular formula is C16H27ClN2S. The van der Waals surface area contributed by atoms with E-state index in [1.807, 2.05) is 17.8 Å². The highest BCUT2D eigenvalue weighted by Crippen LogP contribution is 2.28. The van der Waals surface area contributed by atoms with Crippen molar-refractivity contribution in [3.8, 4) is 0 Å². The second kappa shape index (κ2) is 8.81. The fourth-order valence-electron chi connectivity index (χ4n) is 2.36. The van der Waals surface area contributed by atoms with Crippen molar-refractivity contribution in [2.75, 3.05) is 24.0 Å². The van der Waals surface area contributed by atoms with Gasteiger partial charge in [0.15, 0.2) is 0 Å². The van der Waals surface area contributed by atoms with Crippen LogP contribution in [0.4, 0.5) is 5.69 Å². The summed E-state index contributed by atoms with van der Waals surface area (Å²) in [5.74, 6) is 1.12. The molecule has 0 radical (unpaired) electrons. The van der Waals surface area contributed by atoms with Crippen LogP contribution in [0.2, 0.25) is 5.02 Å². The Bertz CT molecular complexity index is 411. The Labute approximate surface area is 133 Å². The summed E-state index contributed by atoms with van der Waals surface area (Å²) in [4.78, 5) is 2.36. The fraction of sp³-hybridized carbons (Fsp3) is 0.625. The molecule has 2 nitrogen and oxygen atoms in total. The van der Waals surface area contributed by atoms with Gasteiger partial charge in [-0.3, -0.25) is 0 Å². The maximum absolute atomic E-state index is 6.19. The van der Waals surface area contributed by atoms with E-state index in [1.165, 1.54) is 11.3 Å². The summed E-state index contributed by atoms with van der Waals surface area (Å²) in [6.07, 6.45) is 5.18. The summed E-state index contributed by atoms with van der Waals surface area (Å²) < 4.78 is 0. The van der Waals surface area contributed by atoms with Crippen LogP contribution in [-0.4, -0.2) is 31.1 Å². The molecule has 1 rings (SSSR count). The lowest BCUT2D eigenvalue weighted by atomic mass is 10.0. The minimum Gasteiger partial charge on any atom is -0.371 e. The number of rotatable bonds is 8. The minimum absolute atomic E-state index is 0.212. The fourth-order valence-corrected chi connectivity index (χ4v) is 3.37. The molecule has 20 heavy (non-hydrogen) atoms. The van der Waals surface area contributed by atoms with Crippen molar-refractivity contribution >= 4 is 29.1 Å². The molecule has 0 saturated carbocycles. The Balaban J connectivity index is 3.03. The second-order valence-corrected chi connectivity index (χ2v) is 6.62. The van der Waals surface area contributed by atoms with Crippen molar-refractivity contribution in [3.05, 3.63) is 28.8 Å². The zero-order chi connectivity index (χ0) is 15.1. The normalized spacial score (nSPS) is 14.1. The highest BCUT2D eigenvalue weighted by molar-refractivity contribution is 7.98. The van der Waals surface area contributed by atoms with Gasteiger partial charge in [-0.05, 0) is 43.2 Å². The van der Waals surface area contributed by atoms with Crippen molar-refractivity contribution < 1.29 is 0 Å². The molecule has 0 heterocycles. The largest absolute Gasteiger partial charge is 0.371 e. The molecule has 0 saturated heterocycles. The average Bonchev–Trinajstić information content (AvgIpc) is 2.45. The summed E-state index contributed by atoms with van der Waals surface area (Å²) in [5.41, 5.74) is 8.65. The third kappa shape index (κ3) is 4.87. The predicted octanol–water partition coefficient (Wildman–Crippen LogP) is 4.20. The SMILES string of the molecule is CCC(N)Cc1ccc(Cl)cc1N(C)C(CC)CSC. The highest BCUT2D eigenvalue weighted by atomic mass is 35.5. The molecular weight excluding hydrogens is 288 g/mol. The van der Waals surface area contributed by atoms with Crippen molar-refractivity contribution in [3.63, 3.8) is 0 Å². The van der Waals surface area contributed by atoms with E-state index in [4.69, 9.17) is 17.3 Å². The predicted molar refractivity (Wildman–Crippen MR) is 94.3 cm³/mol. The molecule has 0 amide bonds. The Morgan fingerprint density at radius 2 is 2.00 bits per heavy atom. The summed E-state index contributed by atoms with van der Waals surface area (Å²) in [5, 5.41) is 0.791. The quantitative estimate of drug-likeness (QED) is 0.780. The zero-order valence-corrected chi connectivity index (χ0v) is 14.6. The molecule has 0 aliphatic heterocycles. The number of hydrogen-bond acceptors (Lipinski definition) is 3. The van der Waals surface area contributed by atoms with E-state index in [0.29, 0.717) is 6.04 Å². The van der Waals surface area contributed by atoms with Gasteiger partial charge < -0.3 is 10.6 Å². The molecule has 0 aliphatic rings. The van der Waals surface area contributed by atoms with Crippen LogP contribution in [0.5, 0.6) is 0 Å². The molecule has 0 fully saturated rings. The molecule has 1 aromatic carbocycles. The maximum Gasteiger partial charge on any atom is 0.0426 e. The van der Waals surface area contributed by atoms with E-state index in [9.17, 15) is 0 Å². The molecule has 2 atom stereocenters. The van der Waals surface area contributed by atoms with E-state index in [1.54, 1.807) is 0 Å². The zero-order valence-electron chi connectivity index (χ0n) is 13.0. The van der Waals surface area contributed by atoms with Crippen LogP contribution in [0.1, 0.15) is 32.3 Å². The van der Waals surface area contributed by atoms with Crippen molar-refractivity contribution in [2.24, 2.45) is 5.73 Å². The van der Waals surface area contributed by atoms with Crippen LogP contribution in [0.15, 0.2) is 18.2 Å². The second-order valence-electron chi connectivity index (χ2n) is 5.27. The van der Waals surface area contributed by atoms with Crippen LogP contribution in [0.25, 0.3) is 0 Å². The molecule has 4 heteroatoms. The van der Waals surface area contributed by atoms with Crippen molar-refractivity contribution in [1.29, 1.82) is 0 Å². The van der Waals surface area contributed by atoms with Gasteiger partial charge in [0.05, 0.1) is 0 Å². The van der Waals surface area contributed by atoms with E-state index in [-0.39, 0.29) is 6.04 Å². The first kappa shape index (κ1) is 17.7. The smallest absolute Gasteiger partial charge is 0.0426 e. The van der Waals surface area contributed by atoms with Gasteiger partial charge in [-0.2, -0.15) is 11.8 Å². The first-order valence-corrected chi connectivity index (χ1v) is 9.06. The minimum atomic E-state index is 0.212. The van der Waals surface area contributed by atoms with Gasteiger partial charge >= 0.3 is 0 Å². The van der Waals surface area contributed by atoms with Crippen LogP contribution < -0.4 is 10.6 Å². The van der Waals surface area contributed by atoms with E-state index in [0.717, 1.165) is 30.0 Å². The van der Waals surface area contributed by atoms with Crippen LogP contribution in [-0.2, 0) is 6.42 Å². The lowest BCUT2D eigenvalue weighted by Crippen LogP contribution is -2.34. The van der Waals surface area contributed by atoms with E-state index >= 15 is 0 Å². The molecule has 0 aromatic heterocycles. The Kier molecular flexibility index (Phi) is 7.78. The lowest BCUT2D eigenvalue weighted by molar-refractivity contribution is 0.635. The molecule has 0 bridgehead atoms. The molecule has 2 unspecified atom stereocenters. The standard InChI is InChI=1S/C16H27ClN2S/c1-5-14(18)9-12-7-8-13(17)10-16(12)19(3)15(6-2)11-20-4/h7-8,10,14-15H,5-6,9,11,18H2,1-4H3. The number of nitrogens with two attached hydrogens (primary N) is 1. The summed E-state index contributed by atoms with van der Waals surface area (Å²) in [6.45, 7) is 4.37. The molecule has 0 spiro atoms.